The first kappa shape index (κ1) is 14.0. The van der Waals surface area contributed by atoms with E-state index in [2.05, 4.69) is 28.3 Å². The second-order valence-electron chi connectivity index (χ2n) is 6.08. The third-order valence-electron chi connectivity index (χ3n) is 4.63. The van der Waals surface area contributed by atoms with Gasteiger partial charge in [-0.2, -0.15) is 0 Å². The highest BCUT2D eigenvalue weighted by atomic mass is 16.5. The van der Waals surface area contributed by atoms with Crippen LogP contribution in [0, 0.1) is 5.92 Å². The van der Waals surface area contributed by atoms with E-state index in [-0.39, 0.29) is 0 Å². The molecular weight excluding hydrogens is 250 g/mol. The smallest absolute Gasteiger partial charge is 0.0619 e. The zero-order valence-electron chi connectivity index (χ0n) is 12.3. The van der Waals surface area contributed by atoms with Crippen molar-refractivity contribution in [1.82, 2.24) is 15.2 Å². The Morgan fingerprint density at radius 3 is 3.15 bits per heavy atom. The van der Waals surface area contributed by atoms with E-state index in [4.69, 9.17) is 4.74 Å². The van der Waals surface area contributed by atoms with Crippen LogP contribution < -0.4 is 5.32 Å². The fourth-order valence-corrected chi connectivity index (χ4v) is 3.54. The predicted octanol–water partition coefficient (Wildman–Crippen LogP) is 1.84. The standard InChI is InChI=1S/C16H25N3O/c1-19-8-6-14(11-18-15-5-3-9-20-12-15)16(19)13-4-2-7-17-10-13/h2,4,7,10,14-16,18H,3,5-6,8-9,11-12H2,1H3/t14-,15-,16-/m0/s1. The lowest BCUT2D eigenvalue weighted by atomic mass is 9.94. The average molecular weight is 275 g/mol. The van der Waals surface area contributed by atoms with Crippen LogP contribution in [0.5, 0.6) is 0 Å². The molecule has 2 saturated heterocycles. The molecule has 3 rings (SSSR count). The van der Waals surface area contributed by atoms with Crippen molar-refractivity contribution in [3.05, 3.63) is 30.1 Å². The third-order valence-corrected chi connectivity index (χ3v) is 4.63. The van der Waals surface area contributed by atoms with Gasteiger partial charge < -0.3 is 10.1 Å². The lowest BCUT2D eigenvalue weighted by molar-refractivity contribution is 0.0684. The number of nitrogens with one attached hydrogen (secondary N) is 1. The Balaban J connectivity index is 1.60. The van der Waals surface area contributed by atoms with Crippen LogP contribution in [0.15, 0.2) is 24.5 Å². The van der Waals surface area contributed by atoms with Crippen LogP contribution in [0.2, 0.25) is 0 Å². The van der Waals surface area contributed by atoms with Gasteiger partial charge in [-0.15, -0.1) is 0 Å². The number of hydrogen-bond acceptors (Lipinski definition) is 4. The van der Waals surface area contributed by atoms with E-state index in [1.165, 1.54) is 31.4 Å². The van der Waals surface area contributed by atoms with Crippen LogP contribution in [-0.2, 0) is 4.74 Å². The zero-order chi connectivity index (χ0) is 13.8. The number of hydrogen-bond donors (Lipinski definition) is 1. The summed E-state index contributed by atoms with van der Waals surface area (Å²) >= 11 is 0. The Bertz CT molecular complexity index is 405. The minimum absolute atomic E-state index is 0.501. The van der Waals surface area contributed by atoms with Gasteiger partial charge in [0.2, 0.25) is 0 Å². The Hall–Kier alpha value is -0.970. The highest BCUT2D eigenvalue weighted by Crippen LogP contribution is 2.35. The summed E-state index contributed by atoms with van der Waals surface area (Å²) in [5.74, 6) is 0.672. The first-order chi connectivity index (χ1) is 9.84. The molecule has 2 aliphatic rings. The van der Waals surface area contributed by atoms with Crippen molar-refractivity contribution in [3.63, 3.8) is 0 Å². The summed E-state index contributed by atoms with van der Waals surface area (Å²) in [6.07, 6.45) is 7.57. The topological polar surface area (TPSA) is 37.4 Å². The van der Waals surface area contributed by atoms with Crippen molar-refractivity contribution in [2.45, 2.75) is 31.3 Å². The summed E-state index contributed by atoms with van der Waals surface area (Å²) < 4.78 is 5.55. The molecule has 0 amide bonds. The quantitative estimate of drug-likeness (QED) is 0.910. The van der Waals surface area contributed by atoms with Gasteiger partial charge >= 0.3 is 0 Å². The van der Waals surface area contributed by atoms with Crippen molar-refractivity contribution in [1.29, 1.82) is 0 Å². The Labute approximate surface area is 121 Å². The van der Waals surface area contributed by atoms with Crippen molar-refractivity contribution < 1.29 is 4.74 Å². The first-order valence-corrected chi connectivity index (χ1v) is 7.76. The maximum absolute atomic E-state index is 5.55. The van der Waals surface area contributed by atoms with E-state index < -0.39 is 0 Å². The van der Waals surface area contributed by atoms with Gasteiger partial charge in [-0.05, 0) is 50.4 Å². The molecule has 3 atom stereocenters. The average Bonchev–Trinajstić information content (AvgIpc) is 2.88. The Kier molecular flexibility index (Phi) is 4.65. The molecule has 0 spiro atoms. The lowest BCUT2D eigenvalue weighted by Crippen LogP contribution is -2.40. The summed E-state index contributed by atoms with van der Waals surface area (Å²) in [5.41, 5.74) is 1.35. The van der Waals surface area contributed by atoms with E-state index in [0.717, 1.165) is 19.8 Å². The molecular formula is C16H25N3O. The highest BCUT2D eigenvalue weighted by Gasteiger charge is 2.33. The van der Waals surface area contributed by atoms with E-state index in [1.807, 2.05) is 18.5 Å². The molecule has 0 aliphatic carbocycles. The van der Waals surface area contributed by atoms with Crippen LogP contribution in [0.4, 0.5) is 0 Å². The largest absolute Gasteiger partial charge is 0.380 e. The summed E-state index contributed by atoms with van der Waals surface area (Å²) in [7, 11) is 2.22. The van der Waals surface area contributed by atoms with Crippen LogP contribution >= 0.6 is 0 Å². The zero-order valence-corrected chi connectivity index (χ0v) is 12.3. The number of ether oxygens (including phenoxy) is 1. The molecule has 4 heteroatoms. The number of nitrogens with zero attached hydrogens (tertiary/aromatic N) is 2. The molecule has 2 fully saturated rings. The maximum atomic E-state index is 5.55. The van der Waals surface area contributed by atoms with Gasteiger partial charge in [0.1, 0.15) is 0 Å². The van der Waals surface area contributed by atoms with E-state index in [0.29, 0.717) is 18.0 Å². The van der Waals surface area contributed by atoms with E-state index in [1.54, 1.807) is 0 Å². The molecule has 4 nitrogen and oxygen atoms in total. The number of aromatic nitrogens is 1. The molecule has 2 aliphatic heterocycles. The predicted molar refractivity (Wildman–Crippen MR) is 79.6 cm³/mol. The van der Waals surface area contributed by atoms with Crippen LogP contribution in [-0.4, -0.2) is 49.3 Å². The molecule has 0 aromatic carbocycles. The van der Waals surface area contributed by atoms with Gasteiger partial charge in [-0.25, -0.2) is 0 Å². The molecule has 3 heterocycles. The van der Waals surface area contributed by atoms with Crippen molar-refractivity contribution in [2.24, 2.45) is 5.92 Å². The number of rotatable bonds is 4. The maximum Gasteiger partial charge on any atom is 0.0619 e. The SMILES string of the molecule is CN1CC[C@@H](CN[C@H]2CCCOC2)[C@@H]1c1cccnc1. The van der Waals surface area contributed by atoms with Crippen LogP contribution in [0.3, 0.4) is 0 Å². The normalized spacial score (nSPS) is 31.6. The van der Waals surface area contributed by atoms with E-state index in [9.17, 15) is 0 Å². The molecule has 1 aromatic heterocycles. The van der Waals surface area contributed by atoms with Gasteiger partial charge in [0.25, 0.3) is 0 Å². The van der Waals surface area contributed by atoms with Gasteiger partial charge in [0.05, 0.1) is 6.61 Å². The summed E-state index contributed by atoms with van der Waals surface area (Å²) in [6, 6.07) is 5.29. The van der Waals surface area contributed by atoms with Gasteiger partial charge in [-0.1, -0.05) is 6.07 Å². The second-order valence-corrected chi connectivity index (χ2v) is 6.08. The van der Waals surface area contributed by atoms with Crippen LogP contribution in [0.1, 0.15) is 30.9 Å². The lowest BCUT2D eigenvalue weighted by Gasteiger charge is -2.28. The van der Waals surface area contributed by atoms with Crippen molar-refractivity contribution in [2.75, 3.05) is 33.4 Å². The third kappa shape index (κ3) is 3.19. The second kappa shape index (κ2) is 6.66. The summed E-state index contributed by atoms with van der Waals surface area (Å²) in [4.78, 5) is 6.74. The molecule has 0 saturated carbocycles. The van der Waals surface area contributed by atoms with Crippen LogP contribution in [0.25, 0.3) is 0 Å². The van der Waals surface area contributed by atoms with Gasteiger partial charge in [-0.3, -0.25) is 9.88 Å². The summed E-state index contributed by atoms with van der Waals surface area (Å²) in [5, 5.41) is 3.71. The molecule has 20 heavy (non-hydrogen) atoms. The number of pyridine rings is 1. The molecule has 1 N–H and O–H groups in total. The van der Waals surface area contributed by atoms with E-state index >= 15 is 0 Å². The van der Waals surface area contributed by atoms with Crippen molar-refractivity contribution in [3.8, 4) is 0 Å². The molecule has 0 unspecified atom stereocenters. The molecule has 0 radical (unpaired) electrons. The van der Waals surface area contributed by atoms with Crippen molar-refractivity contribution >= 4 is 0 Å². The Morgan fingerprint density at radius 1 is 1.45 bits per heavy atom. The molecule has 1 aromatic rings. The molecule has 0 bridgehead atoms. The summed E-state index contributed by atoms with van der Waals surface area (Å²) in [6.45, 7) is 4.06. The fourth-order valence-electron chi connectivity index (χ4n) is 3.54. The van der Waals surface area contributed by atoms with Gasteiger partial charge in [0.15, 0.2) is 0 Å². The van der Waals surface area contributed by atoms with Gasteiger partial charge in [0, 0.05) is 37.6 Å². The fraction of sp³-hybridized carbons (Fsp3) is 0.688. The minimum atomic E-state index is 0.501. The minimum Gasteiger partial charge on any atom is -0.380 e. The molecule has 110 valence electrons. The number of likely N-dealkylation sites (tertiary alicyclic amines) is 1. The first-order valence-electron chi connectivity index (χ1n) is 7.76. The highest BCUT2D eigenvalue weighted by molar-refractivity contribution is 5.17. The monoisotopic (exact) mass is 275 g/mol. The Morgan fingerprint density at radius 2 is 2.40 bits per heavy atom.